The van der Waals surface area contributed by atoms with Gasteiger partial charge in [-0.25, -0.2) is 4.79 Å². The highest BCUT2D eigenvalue weighted by atomic mass is 32.2. The number of carbonyl (C=O) groups is 1. The van der Waals surface area contributed by atoms with Crippen LogP contribution in [0, 0.1) is 0 Å². The maximum atomic E-state index is 12.0. The van der Waals surface area contributed by atoms with Crippen molar-refractivity contribution in [2.75, 3.05) is 19.1 Å². The number of ether oxygens (including phenoxy) is 2. The van der Waals surface area contributed by atoms with E-state index >= 15 is 0 Å². The van der Waals surface area contributed by atoms with E-state index in [1.165, 1.54) is 15.7 Å². The van der Waals surface area contributed by atoms with Crippen LogP contribution in [0.1, 0.15) is 20.8 Å². The molecule has 3 aromatic rings. The summed E-state index contributed by atoms with van der Waals surface area (Å²) in [5.74, 6) is 0.354. The number of hydrogen-bond acceptors (Lipinski definition) is 3. The lowest BCUT2D eigenvalue weighted by atomic mass is 10.0. The number of carbonyl (C=O) groups excluding carboxylic acids is 1. The Hall–Kier alpha value is -2.20. The molecule has 0 heterocycles. The molecule has 136 valence electrons. The molecule has 26 heavy (non-hydrogen) atoms. The summed E-state index contributed by atoms with van der Waals surface area (Å²) in [6, 6.07) is 16.7. The molecule has 3 rings (SSSR count). The number of esters is 1. The molecule has 0 amide bonds. The Morgan fingerprint density at radius 2 is 1.58 bits per heavy atom. The summed E-state index contributed by atoms with van der Waals surface area (Å²) in [7, 11) is 0.122. The van der Waals surface area contributed by atoms with Gasteiger partial charge in [-0.05, 0) is 55.8 Å². The van der Waals surface area contributed by atoms with Crippen LogP contribution < -0.4 is 4.74 Å². The fraction of sp³-hybridized carbons (Fsp3) is 0.318. The monoisotopic (exact) mass is 369 g/mol. The first-order valence-corrected chi connectivity index (χ1v) is 10.7. The number of benzene rings is 3. The highest BCUT2D eigenvalue weighted by Crippen LogP contribution is 2.34. The maximum Gasteiger partial charge on any atom is 0.344 e. The van der Waals surface area contributed by atoms with Gasteiger partial charge < -0.3 is 9.47 Å². The quantitative estimate of drug-likeness (QED) is 0.371. The number of fused-ring (bicyclic) bond motifs is 2. The van der Waals surface area contributed by atoms with E-state index in [0.29, 0.717) is 5.75 Å². The van der Waals surface area contributed by atoms with Gasteiger partial charge in [-0.3, -0.25) is 0 Å². The van der Waals surface area contributed by atoms with Crippen LogP contribution in [0.4, 0.5) is 0 Å². The van der Waals surface area contributed by atoms with E-state index in [1.807, 2.05) is 39.0 Å². The van der Waals surface area contributed by atoms with E-state index in [0.717, 1.165) is 10.8 Å². The van der Waals surface area contributed by atoms with Gasteiger partial charge in [0, 0.05) is 21.7 Å². The van der Waals surface area contributed by atoms with Gasteiger partial charge in [0.1, 0.15) is 23.9 Å². The van der Waals surface area contributed by atoms with Crippen LogP contribution in [0.3, 0.4) is 0 Å². The Kier molecular flexibility index (Phi) is 5.15. The molecule has 0 aromatic heterocycles. The van der Waals surface area contributed by atoms with Gasteiger partial charge in [0.15, 0.2) is 11.5 Å². The Balaban J connectivity index is 2.01. The van der Waals surface area contributed by atoms with Crippen molar-refractivity contribution in [3.63, 3.8) is 0 Å². The van der Waals surface area contributed by atoms with Gasteiger partial charge >= 0.3 is 5.97 Å². The Bertz CT molecular complexity index is 955. The molecule has 0 bridgehead atoms. The topological polar surface area (TPSA) is 35.5 Å². The molecule has 0 N–H and O–H groups in total. The molecule has 0 unspecified atom stereocenters. The molecule has 0 aliphatic heterocycles. The molecular formula is C22H25O3S+. The fourth-order valence-corrected chi connectivity index (χ4v) is 3.92. The number of rotatable bonds is 4. The SMILES string of the molecule is C[S+](C)c1ccc(OCC(=O)OC(C)(C)C)c2cc3ccccc3cc12. The van der Waals surface area contributed by atoms with Crippen molar-refractivity contribution in [1.29, 1.82) is 0 Å². The highest BCUT2D eigenvalue weighted by Gasteiger charge is 2.19. The van der Waals surface area contributed by atoms with Crippen LogP contribution in [-0.4, -0.2) is 30.7 Å². The van der Waals surface area contributed by atoms with Crippen LogP contribution in [0.25, 0.3) is 21.5 Å². The zero-order chi connectivity index (χ0) is 18.9. The first-order valence-electron chi connectivity index (χ1n) is 8.62. The minimum atomic E-state index is -0.513. The molecular weight excluding hydrogens is 344 g/mol. The molecule has 0 aliphatic rings. The van der Waals surface area contributed by atoms with Crippen molar-refractivity contribution in [3.8, 4) is 5.75 Å². The summed E-state index contributed by atoms with van der Waals surface area (Å²) in [6.07, 6.45) is 4.43. The van der Waals surface area contributed by atoms with Gasteiger partial charge in [-0.2, -0.15) is 0 Å². The lowest BCUT2D eigenvalue weighted by molar-refractivity contribution is -0.157. The van der Waals surface area contributed by atoms with E-state index < -0.39 is 5.60 Å². The van der Waals surface area contributed by atoms with Crippen LogP contribution >= 0.6 is 0 Å². The minimum absolute atomic E-state index is 0.0947. The third-order valence-electron chi connectivity index (χ3n) is 4.01. The third-order valence-corrected chi connectivity index (χ3v) is 5.24. The van der Waals surface area contributed by atoms with Gasteiger partial charge in [-0.1, -0.05) is 24.3 Å². The first-order chi connectivity index (χ1) is 12.2. The normalized spacial score (nSPS) is 11.9. The van der Waals surface area contributed by atoms with E-state index in [-0.39, 0.29) is 23.5 Å². The Morgan fingerprint density at radius 1 is 0.962 bits per heavy atom. The van der Waals surface area contributed by atoms with Gasteiger partial charge in [0.05, 0.1) is 0 Å². The molecule has 0 fully saturated rings. The van der Waals surface area contributed by atoms with Crippen molar-refractivity contribution in [2.45, 2.75) is 31.3 Å². The molecule has 0 spiro atoms. The highest BCUT2D eigenvalue weighted by molar-refractivity contribution is 7.95. The minimum Gasteiger partial charge on any atom is -0.481 e. The van der Waals surface area contributed by atoms with Gasteiger partial charge in [0.25, 0.3) is 0 Å². The van der Waals surface area contributed by atoms with Crippen LogP contribution in [-0.2, 0) is 20.4 Å². The van der Waals surface area contributed by atoms with Crippen LogP contribution in [0.15, 0.2) is 53.4 Å². The van der Waals surface area contributed by atoms with Crippen molar-refractivity contribution >= 4 is 38.4 Å². The zero-order valence-electron chi connectivity index (χ0n) is 16.0. The second-order valence-electron chi connectivity index (χ2n) is 7.50. The van der Waals surface area contributed by atoms with E-state index in [4.69, 9.17) is 9.47 Å². The molecule has 0 saturated heterocycles. The smallest absolute Gasteiger partial charge is 0.344 e. The second kappa shape index (κ2) is 7.20. The van der Waals surface area contributed by atoms with E-state index in [2.05, 4.69) is 42.8 Å². The maximum absolute atomic E-state index is 12.0. The van der Waals surface area contributed by atoms with Crippen LogP contribution in [0.5, 0.6) is 5.75 Å². The van der Waals surface area contributed by atoms with Crippen molar-refractivity contribution in [3.05, 3.63) is 48.5 Å². The molecule has 0 aliphatic carbocycles. The Morgan fingerprint density at radius 3 is 2.15 bits per heavy atom. The largest absolute Gasteiger partial charge is 0.481 e. The lowest BCUT2D eigenvalue weighted by Crippen LogP contribution is -2.27. The summed E-state index contributed by atoms with van der Waals surface area (Å²) in [5.41, 5.74) is -0.513. The lowest BCUT2D eigenvalue weighted by Gasteiger charge is -2.19. The third kappa shape index (κ3) is 4.13. The van der Waals surface area contributed by atoms with Crippen molar-refractivity contribution < 1.29 is 14.3 Å². The first kappa shape index (κ1) is 18.6. The van der Waals surface area contributed by atoms with Gasteiger partial charge in [-0.15, -0.1) is 0 Å². The average Bonchev–Trinajstić information content (AvgIpc) is 2.56. The molecule has 0 atom stereocenters. The molecule has 4 heteroatoms. The molecule has 0 radical (unpaired) electrons. The van der Waals surface area contributed by atoms with Crippen molar-refractivity contribution in [1.82, 2.24) is 0 Å². The predicted octanol–water partition coefficient (Wildman–Crippen LogP) is 4.95. The van der Waals surface area contributed by atoms with E-state index in [9.17, 15) is 4.79 Å². The average molecular weight is 370 g/mol. The summed E-state index contributed by atoms with van der Waals surface area (Å²) >= 11 is 0. The fourth-order valence-electron chi connectivity index (χ4n) is 2.97. The summed E-state index contributed by atoms with van der Waals surface area (Å²) < 4.78 is 11.2. The standard InChI is InChI=1S/C22H25O3S/c1-22(2,3)25-21(23)14-24-19-10-11-20(26(4)5)18-13-16-9-7-6-8-15(16)12-17(18)19/h6-13H,14H2,1-5H3/q+1. The molecule has 3 nitrogen and oxygen atoms in total. The summed E-state index contributed by atoms with van der Waals surface area (Å²) in [4.78, 5) is 13.3. The zero-order valence-corrected chi connectivity index (χ0v) is 16.8. The summed E-state index contributed by atoms with van der Waals surface area (Å²) in [5, 5.41) is 4.58. The predicted molar refractivity (Wildman–Crippen MR) is 110 cm³/mol. The number of hydrogen-bond donors (Lipinski definition) is 0. The van der Waals surface area contributed by atoms with E-state index in [1.54, 1.807) is 0 Å². The molecule has 3 aromatic carbocycles. The van der Waals surface area contributed by atoms with Crippen LogP contribution in [0.2, 0.25) is 0 Å². The molecule has 0 saturated carbocycles. The summed E-state index contributed by atoms with van der Waals surface area (Å²) in [6.45, 7) is 5.46. The van der Waals surface area contributed by atoms with Gasteiger partial charge in [0.2, 0.25) is 0 Å². The second-order valence-corrected chi connectivity index (χ2v) is 9.57. The van der Waals surface area contributed by atoms with Crippen molar-refractivity contribution in [2.24, 2.45) is 0 Å². The Labute approximate surface area is 157 Å².